The predicted molar refractivity (Wildman–Crippen MR) is 88.4 cm³/mol. The molecule has 1 nitrogen and oxygen atoms in total. The van der Waals surface area contributed by atoms with E-state index in [4.69, 9.17) is 11.6 Å². The van der Waals surface area contributed by atoms with Crippen LogP contribution in [0, 0.1) is 5.41 Å². The van der Waals surface area contributed by atoms with E-state index < -0.39 is 0 Å². The third kappa shape index (κ3) is 4.79. The number of hydrogen-bond acceptors (Lipinski definition) is 1. The van der Waals surface area contributed by atoms with Gasteiger partial charge in [-0.25, -0.2) is 0 Å². The van der Waals surface area contributed by atoms with Crippen molar-refractivity contribution >= 4 is 11.6 Å². The monoisotopic (exact) mass is 293 g/mol. The smallest absolute Gasteiger partial charge is 0.0408 e. The standard InChI is InChI=1S/C18H28ClN/c1-17(2,3)20-14-18(10-5-4-6-11-18)13-15-8-7-9-16(19)12-15/h7-9,12,20H,4-6,10-11,13-14H2,1-3H3. The summed E-state index contributed by atoms with van der Waals surface area (Å²) in [4.78, 5) is 0. The molecule has 0 saturated heterocycles. The first-order valence-electron chi connectivity index (χ1n) is 7.88. The van der Waals surface area contributed by atoms with Crippen LogP contribution in [0.15, 0.2) is 24.3 Å². The van der Waals surface area contributed by atoms with Crippen molar-refractivity contribution in [3.05, 3.63) is 34.9 Å². The lowest BCUT2D eigenvalue weighted by atomic mass is 9.70. The van der Waals surface area contributed by atoms with Gasteiger partial charge in [-0.3, -0.25) is 0 Å². The first-order chi connectivity index (χ1) is 9.39. The Balaban J connectivity index is 2.10. The SMILES string of the molecule is CC(C)(C)NCC1(Cc2cccc(Cl)c2)CCCCC1. The third-order valence-electron chi connectivity index (χ3n) is 4.38. The molecule has 0 aliphatic heterocycles. The molecule has 1 aliphatic carbocycles. The van der Waals surface area contributed by atoms with Gasteiger partial charge in [-0.05, 0) is 63.1 Å². The van der Waals surface area contributed by atoms with E-state index in [0.717, 1.165) is 18.0 Å². The van der Waals surface area contributed by atoms with Crippen LogP contribution in [0.2, 0.25) is 5.02 Å². The largest absolute Gasteiger partial charge is 0.312 e. The molecule has 0 heterocycles. The average molecular weight is 294 g/mol. The van der Waals surface area contributed by atoms with Crippen molar-refractivity contribution in [2.45, 2.75) is 64.8 Å². The zero-order chi connectivity index (χ0) is 14.6. The van der Waals surface area contributed by atoms with Crippen LogP contribution in [0.4, 0.5) is 0 Å². The summed E-state index contributed by atoms with van der Waals surface area (Å²) in [5, 5.41) is 4.59. The predicted octanol–water partition coefficient (Wildman–Crippen LogP) is 5.22. The Morgan fingerprint density at radius 2 is 1.85 bits per heavy atom. The van der Waals surface area contributed by atoms with Crippen LogP contribution < -0.4 is 5.32 Å². The lowest BCUT2D eigenvalue weighted by molar-refractivity contribution is 0.165. The van der Waals surface area contributed by atoms with Crippen molar-refractivity contribution in [1.29, 1.82) is 0 Å². The van der Waals surface area contributed by atoms with Gasteiger partial charge in [0, 0.05) is 17.1 Å². The molecule has 2 rings (SSSR count). The molecule has 2 heteroatoms. The Bertz CT molecular complexity index is 427. The molecule has 1 aliphatic rings. The Morgan fingerprint density at radius 3 is 2.45 bits per heavy atom. The molecule has 0 radical (unpaired) electrons. The van der Waals surface area contributed by atoms with Gasteiger partial charge in [-0.15, -0.1) is 0 Å². The Morgan fingerprint density at radius 1 is 1.15 bits per heavy atom. The number of rotatable bonds is 4. The topological polar surface area (TPSA) is 12.0 Å². The van der Waals surface area contributed by atoms with Crippen LogP contribution in [0.3, 0.4) is 0 Å². The second kappa shape index (κ2) is 6.49. The minimum absolute atomic E-state index is 0.193. The molecule has 1 aromatic rings. The van der Waals surface area contributed by atoms with E-state index in [1.54, 1.807) is 0 Å². The maximum absolute atomic E-state index is 6.14. The average Bonchev–Trinajstić information content (AvgIpc) is 2.37. The van der Waals surface area contributed by atoms with E-state index in [9.17, 15) is 0 Å². The van der Waals surface area contributed by atoms with Crippen molar-refractivity contribution in [2.24, 2.45) is 5.41 Å². The summed E-state index contributed by atoms with van der Waals surface area (Å²) < 4.78 is 0. The van der Waals surface area contributed by atoms with E-state index in [1.165, 1.54) is 37.7 Å². The first kappa shape index (κ1) is 15.9. The quantitative estimate of drug-likeness (QED) is 0.802. The summed E-state index contributed by atoms with van der Waals surface area (Å²) >= 11 is 6.14. The highest BCUT2D eigenvalue weighted by molar-refractivity contribution is 6.30. The zero-order valence-electron chi connectivity index (χ0n) is 13.1. The van der Waals surface area contributed by atoms with Crippen LogP contribution >= 0.6 is 11.6 Å². The van der Waals surface area contributed by atoms with Gasteiger partial charge in [-0.1, -0.05) is 43.0 Å². The van der Waals surface area contributed by atoms with Gasteiger partial charge in [0.25, 0.3) is 0 Å². The molecule has 1 fully saturated rings. The van der Waals surface area contributed by atoms with Crippen molar-refractivity contribution in [1.82, 2.24) is 5.32 Å². The van der Waals surface area contributed by atoms with Gasteiger partial charge < -0.3 is 5.32 Å². The van der Waals surface area contributed by atoms with Crippen LogP contribution in [-0.4, -0.2) is 12.1 Å². The van der Waals surface area contributed by atoms with Gasteiger partial charge in [0.1, 0.15) is 0 Å². The zero-order valence-corrected chi connectivity index (χ0v) is 13.9. The molecule has 0 bridgehead atoms. The van der Waals surface area contributed by atoms with Crippen LogP contribution in [-0.2, 0) is 6.42 Å². The third-order valence-corrected chi connectivity index (χ3v) is 4.61. The number of hydrogen-bond donors (Lipinski definition) is 1. The highest BCUT2D eigenvalue weighted by atomic mass is 35.5. The lowest BCUT2D eigenvalue weighted by Gasteiger charge is -2.40. The Labute approximate surface area is 129 Å². The molecule has 0 aromatic heterocycles. The van der Waals surface area contributed by atoms with Gasteiger partial charge in [0.15, 0.2) is 0 Å². The van der Waals surface area contributed by atoms with Crippen molar-refractivity contribution in [3.63, 3.8) is 0 Å². The molecule has 1 aromatic carbocycles. The van der Waals surface area contributed by atoms with E-state index >= 15 is 0 Å². The fraction of sp³-hybridized carbons (Fsp3) is 0.667. The summed E-state index contributed by atoms with van der Waals surface area (Å²) in [6.45, 7) is 7.87. The van der Waals surface area contributed by atoms with Crippen LogP contribution in [0.1, 0.15) is 58.4 Å². The Kier molecular flexibility index (Phi) is 5.14. The summed E-state index contributed by atoms with van der Waals surface area (Å²) in [5.41, 5.74) is 1.99. The van der Waals surface area contributed by atoms with Crippen LogP contribution in [0.25, 0.3) is 0 Å². The molecule has 1 N–H and O–H groups in total. The number of nitrogens with one attached hydrogen (secondary N) is 1. The minimum atomic E-state index is 0.193. The lowest BCUT2D eigenvalue weighted by Crippen LogP contribution is -2.45. The molecule has 0 unspecified atom stereocenters. The van der Waals surface area contributed by atoms with Crippen LogP contribution in [0.5, 0.6) is 0 Å². The fourth-order valence-electron chi connectivity index (χ4n) is 3.25. The normalized spacial score (nSPS) is 19.0. The molecule has 0 atom stereocenters. The first-order valence-corrected chi connectivity index (χ1v) is 8.26. The molecule has 1 saturated carbocycles. The molecule has 0 spiro atoms. The summed E-state index contributed by atoms with van der Waals surface area (Å²) in [6, 6.07) is 8.39. The second-order valence-corrected chi connectivity index (χ2v) is 7.91. The molecule has 20 heavy (non-hydrogen) atoms. The van der Waals surface area contributed by atoms with Crippen molar-refractivity contribution < 1.29 is 0 Å². The van der Waals surface area contributed by atoms with Crippen molar-refractivity contribution in [2.75, 3.05) is 6.54 Å². The maximum Gasteiger partial charge on any atom is 0.0408 e. The molecule has 0 amide bonds. The maximum atomic E-state index is 6.14. The molecular formula is C18H28ClN. The minimum Gasteiger partial charge on any atom is -0.312 e. The molecule has 112 valence electrons. The van der Waals surface area contributed by atoms with Crippen molar-refractivity contribution in [3.8, 4) is 0 Å². The summed E-state index contributed by atoms with van der Waals surface area (Å²) in [6.07, 6.45) is 7.95. The number of halogens is 1. The van der Waals surface area contributed by atoms with E-state index in [1.807, 2.05) is 6.07 Å². The van der Waals surface area contributed by atoms with Gasteiger partial charge in [0.05, 0.1) is 0 Å². The highest BCUT2D eigenvalue weighted by Crippen LogP contribution is 2.39. The summed E-state index contributed by atoms with van der Waals surface area (Å²) in [5.74, 6) is 0. The van der Waals surface area contributed by atoms with Gasteiger partial charge in [0.2, 0.25) is 0 Å². The Hall–Kier alpha value is -0.530. The van der Waals surface area contributed by atoms with E-state index in [0.29, 0.717) is 5.41 Å². The van der Waals surface area contributed by atoms with Gasteiger partial charge >= 0.3 is 0 Å². The van der Waals surface area contributed by atoms with Gasteiger partial charge in [-0.2, -0.15) is 0 Å². The van der Waals surface area contributed by atoms with E-state index in [2.05, 4.69) is 44.3 Å². The second-order valence-electron chi connectivity index (χ2n) is 7.47. The number of benzene rings is 1. The molecular weight excluding hydrogens is 266 g/mol. The highest BCUT2D eigenvalue weighted by Gasteiger charge is 2.33. The van der Waals surface area contributed by atoms with E-state index in [-0.39, 0.29) is 5.54 Å². The fourth-order valence-corrected chi connectivity index (χ4v) is 3.46. The summed E-state index contributed by atoms with van der Waals surface area (Å²) in [7, 11) is 0.